The molecule has 0 aliphatic carbocycles. The van der Waals surface area contributed by atoms with Gasteiger partial charge in [0, 0.05) is 0 Å². The summed E-state index contributed by atoms with van der Waals surface area (Å²) in [6.45, 7) is 1.92. The standard InChI is InChI=1S/C7H7ClN2O2S.K/c1-2-13-7-9-3-4(8)5(10-7)6(11)12;/h3H,2H2,1H3,(H,11,12);/q;+1/p-1. The molecule has 0 radical (unpaired) electrons. The van der Waals surface area contributed by atoms with Crippen LogP contribution in [0.4, 0.5) is 0 Å². The van der Waals surface area contributed by atoms with Gasteiger partial charge in [-0.3, -0.25) is 0 Å². The Morgan fingerprint density at radius 1 is 1.71 bits per heavy atom. The Kier molecular flexibility index (Phi) is 7.58. The molecule has 1 heterocycles. The third kappa shape index (κ3) is 4.14. The van der Waals surface area contributed by atoms with Crippen LogP contribution >= 0.6 is 23.4 Å². The van der Waals surface area contributed by atoms with Crippen LogP contribution in [0.3, 0.4) is 0 Å². The quantitative estimate of drug-likeness (QED) is 0.343. The van der Waals surface area contributed by atoms with Crippen LogP contribution in [0.2, 0.25) is 5.02 Å². The van der Waals surface area contributed by atoms with Crippen molar-refractivity contribution in [2.24, 2.45) is 0 Å². The predicted molar refractivity (Wildman–Crippen MR) is 47.8 cm³/mol. The third-order valence-electron chi connectivity index (χ3n) is 1.19. The van der Waals surface area contributed by atoms with E-state index in [0.29, 0.717) is 5.16 Å². The number of halogens is 1. The number of aromatic carboxylic acids is 1. The van der Waals surface area contributed by atoms with Crippen LogP contribution < -0.4 is 56.5 Å². The van der Waals surface area contributed by atoms with Gasteiger partial charge in [0.1, 0.15) is 5.69 Å². The number of hydrogen-bond donors (Lipinski definition) is 0. The van der Waals surface area contributed by atoms with Gasteiger partial charge in [-0.25, -0.2) is 9.97 Å². The van der Waals surface area contributed by atoms with Crippen LogP contribution in [0, 0.1) is 0 Å². The first kappa shape index (κ1) is 14.8. The molecule has 7 heteroatoms. The van der Waals surface area contributed by atoms with Gasteiger partial charge in [0.2, 0.25) is 0 Å². The first-order chi connectivity index (χ1) is 6.15. The molecule has 0 unspecified atom stereocenters. The number of rotatable bonds is 3. The van der Waals surface area contributed by atoms with Gasteiger partial charge < -0.3 is 9.90 Å². The maximum absolute atomic E-state index is 10.5. The zero-order chi connectivity index (χ0) is 9.84. The van der Waals surface area contributed by atoms with Crippen molar-refractivity contribution in [3.05, 3.63) is 16.9 Å². The number of thioether (sulfide) groups is 1. The molecule has 1 rings (SSSR count). The van der Waals surface area contributed by atoms with Gasteiger partial charge in [-0.2, -0.15) is 0 Å². The topological polar surface area (TPSA) is 65.9 Å². The first-order valence-electron chi connectivity index (χ1n) is 3.51. The second-order valence-electron chi connectivity index (χ2n) is 2.07. The average molecular weight is 257 g/mol. The Labute approximate surface area is 133 Å². The van der Waals surface area contributed by atoms with Gasteiger partial charge in [-0.15, -0.1) is 0 Å². The third-order valence-corrected chi connectivity index (χ3v) is 2.21. The largest absolute Gasteiger partial charge is 1.00 e. The summed E-state index contributed by atoms with van der Waals surface area (Å²) in [6, 6.07) is 0. The van der Waals surface area contributed by atoms with Crippen LogP contribution in [0.15, 0.2) is 11.4 Å². The molecule has 0 aromatic carbocycles. The summed E-state index contributed by atoms with van der Waals surface area (Å²) < 4.78 is 0. The molecule has 70 valence electrons. The zero-order valence-corrected chi connectivity index (χ0v) is 12.5. The van der Waals surface area contributed by atoms with E-state index in [0.717, 1.165) is 5.75 Å². The molecule has 0 atom stereocenters. The van der Waals surface area contributed by atoms with Gasteiger partial charge in [-0.05, 0) is 5.75 Å². The smallest absolute Gasteiger partial charge is 0.543 e. The SMILES string of the molecule is CCSc1ncc(Cl)c(C(=O)[O-])n1.[K+]. The Hall–Kier alpha value is 0.826. The molecule has 0 saturated heterocycles. The van der Waals surface area contributed by atoms with E-state index in [1.54, 1.807) is 0 Å². The van der Waals surface area contributed by atoms with E-state index >= 15 is 0 Å². The molecule has 0 amide bonds. The summed E-state index contributed by atoms with van der Waals surface area (Å²) in [6.07, 6.45) is 1.26. The maximum Gasteiger partial charge on any atom is 1.00 e. The fraction of sp³-hybridized carbons (Fsp3) is 0.286. The number of carbonyl (C=O) groups is 1. The normalized spacial score (nSPS) is 9.29. The fourth-order valence-corrected chi connectivity index (χ4v) is 1.40. The van der Waals surface area contributed by atoms with E-state index in [2.05, 4.69) is 9.97 Å². The molecule has 0 N–H and O–H groups in total. The van der Waals surface area contributed by atoms with Gasteiger partial charge in [0.05, 0.1) is 17.2 Å². The summed E-state index contributed by atoms with van der Waals surface area (Å²) in [5, 5.41) is 10.9. The van der Waals surface area contributed by atoms with E-state index in [1.165, 1.54) is 18.0 Å². The van der Waals surface area contributed by atoms with Crippen LogP contribution in [0.25, 0.3) is 0 Å². The van der Waals surface area contributed by atoms with Crippen molar-refractivity contribution in [3.8, 4) is 0 Å². The molecule has 0 bridgehead atoms. The van der Waals surface area contributed by atoms with Crippen molar-refractivity contribution >= 4 is 29.3 Å². The molecule has 1 aromatic rings. The molecule has 14 heavy (non-hydrogen) atoms. The Morgan fingerprint density at radius 3 is 2.86 bits per heavy atom. The molecular formula is C7H6ClKN2O2S. The molecule has 0 spiro atoms. The summed E-state index contributed by atoms with van der Waals surface area (Å²) in [5.74, 6) is -0.612. The summed E-state index contributed by atoms with van der Waals surface area (Å²) in [7, 11) is 0. The fourth-order valence-electron chi connectivity index (χ4n) is 0.693. The van der Waals surface area contributed by atoms with E-state index in [4.69, 9.17) is 11.6 Å². The molecule has 0 aliphatic heterocycles. The van der Waals surface area contributed by atoms with Crippen molar-refractivity contribution in [3.63, 3.8) is 0 Å². The van der Waals surface area contributed by atoms with Gasteiger partial charge in [0.25, 0.3) is 0 Å². The number of carbonyl (C=O) groups excluding carboxylic acids is 1. The molecule has 1 aromatic heterocycles. The summed E-state index contributed by atoms with van der Waals surface area (Å²) in [4.78, 5) is 18.0. The van der Waals surface area contributed by atoms with E-state index in [1.807, 2.05) is 6.92 Å². The Morgan fingerprint density at radius 2 is 2.36 bits per heavy atom. The van der Waals surface area contributed by atoms with Crippen LogP contribution in [0.1, 0.15) is 17.4 Å². The van der Waals surface area contributed by atoms with Crippen molar-refractivity contribution < 1.29 is 61.3 Å². The average Bonchev–Trinajstić information content (AvgIpc) is 2.08. The van der Waals surface area contributed by atoms with Gasteiger partial charge in [0.15, 0.2) is 5.16 Å². The van der Waals surface area contributed by atoms with Crippen LogP contribution in [0.5, 0.6) is 0 Å². The molecule has 0 aliphatic rings. The molecule has 0 saturated carbocycles. The summed E-state index contributed by atoms with van der Waals surface area (Å²) in [5.41, 5.74) is -0.257. The molecular weight excluding hydrogens is 251 g/mol. The Balaban J connectivity index is 0.00000169. The minimum absolute atomic E-state index is 0. The van der Waals surface area contributed by atoms with E-state index in [9.17, 15) is 9.90 Å². The van der Waals surface area contributed by atoms with Crippen molar-refractivity contribution in [2.75, 3.05) is 5.75 Å². The second-order valence-corrected chi connectivity index (χ2v) is 3.71. The number of nitrogens with zero attached hydrogens (tertiary/aromatic N) is 2. The second kappa shape index (κ2) is 7.16. The number of aromatic nitrogens is 2. The van der Waals surface area contributed by atoms with Crippen molar-refractivity contribution in [1.82, 2.24) is 9.97 Å². The first-order valence-corrected chi connectivity index (χ1v) is 4.88. The predicted octanol–water partition coefficient (Wildman–Crippen LogP) is -2.39. The van der Waals surface area contributed by atoms with Gasteiger partial charge in [-0.1, -0.05) is 30.3 Å². The van der Waals surface area contributed by atoms with Gasteiger partial charge >= 0.3 is 51.4 Å². The van der Waals surface area contributed by atoms with Crippen LogP contribution in [-0.4, -0.2) is 21.7 Å². The van der Waals surface area contributed by atoms with Crippen molar-refractivity contribution in [1.29, 1.82) is 0 Å². The number of carboxylic acids is 1. The summed E-state index contributed by atoms with van der Waals surface area (Å²) >= 11 is 6.88. The Bertz CT molecular complexity index is 337. The maximum atomic E-state index is 10.5. The number of carboxylic acid groups (broad SMARTS) is 1. The van der Waals surface area contributed by atoms with E-state index in [-0.39, 0.29) is 62.1 Å². The molecule has 4 nitrogen and oxygen atoms in total. The number of hydrogen-bond acceptors (Lipinski definition) is 5. The molecule has 0 fully saturated rings. The minimum atomic E-state index is -1.38. The van der Waals surface area contributed by atoms with Crippen molar-refractivity contribution in [2.45, 2.75) is 12.1 Å². The van der Waals surface area contributed by atoms with Crippen LogP contribution in [-0.2, 0) is 0 Å². The monoisotopic (exact) mass is 256 g/mol. The van der Waals surface area contributed by atoms with E-state index < -0.39 is 5.97 Å². The zero-order valence-electron chi connectivity index (χ0n) is 7.78. The minimum Gasteiger partial charge on any atom is -0.543 e.